The molecule has 7 heteroatoms. The molecule has 136 valence electrons. The molecule has 3 rings (SSSR count). The Hall–Kier alpha value is -1.60. The normalized spacial score (nSPS) is 29.6. The molecule has 2 saturated heterocycles. The van der Waals surface area contributed by atoms with E-state index in [2.05, 4.69) is 5.32 Å². The first-order valence-electron chi connectivity index (χ1n) is 8.65. The van der Waals surface area contributed by atoms with E-state index in [9.17, 15) is 14.0 Å². The number of likely N-dealkylation sites (tertiary alicyclic amines) is 1. The molecule has 0 radical (unpaired) electrons. The van der Waals surface area contributed by atoms with Crippen LogP contribution in [0.4, 0.5) is 4.39 Å². The van der Waals surface area contributed by atoms with Crippen molar-refractivity contribution in [2.24, 2.45) is 11.7 Å². The van der Waals surface area contributed by atoms with E-state index >= 15 is 0 Å². The summed E-state index contributed by atoms with van der Waals surface area (Å²) in [6.07, 6.45) is 1.24. The Bertz CT molecular complexity index is 657. The first-order chi connectivity index (χ1) is 12.0. The molecular formula is C18H24FN3O2S. The van der Waals surface area contributed by atoms with Crippen LogP contribution in [-0.2, 0) is 16.0 Å². The molecular weight excluding hydrogens is 341 g/mol. The van der Waals surface area contributed by atoms with Gasteiger partial charge in [-0.15, -0.1) is 11.8 Å². The van der Waals surface area contributed by atoms with Gasteiger partial charge in [-0.2, -0.15) is 0 Å². The van der Waals surface area contributed by atoms with E-state index in [1.165, 1.54) is 17.8 Å². The molecule has 0 spiro atoms. The predicted octanol–water partition coefficient (Wildman–Crippen LogP) is 1.16. The van der Waals surface area contributed by atoms with Gasteiger partial charge < -0.3 is 16.0 Å². The third-order valence-corrected chi connectivity index (χ3v) is 6.32. The summed E-state index contributed by atoms with van der Waals surface area (Å²) in [5.41, 5.74) is 6.25. The number of amides is 2. The molecule has 3 N–H and O–H groups in total. The van der Waals surface area contributed by atoms with E-state index in [0.29, 0.717) is 36.7 Å². The van der Waals surface area contributed by atoms with Crippen LogP contribution in [0, 0.1) is 11.7 Å². The number of thioether (sulfide) groups is 1. The Balaban J connectivity index is 1.59. The number of nitrogens with two attached hydrogens (primary N) is 1. The van der Waals surface area contributed by atoms with E-state index in [-0.39, 0.29) is 28.9 Å². The zero-order valence-corrected chi connectivity index (χ0v) is 15.1. The Labute approximate surface area is 151 Å². The number of hydrogen-bond acceptors (Lipinski definition) is 4. The van der Waals surface area contributed by atoms with Gasteiger partial charge in [0.25, 0.3) is 0 Å². The summed E-state index contributed by atoms with van der Waals surface area (Å²) in [6, 6.07) is 6.13. The standard InChI is InChI=1S/C18H24FN3O2S/c1-11-6-12(8-20)9-22(11)18(24)15-10-25-16(17(23)21-15)7-13-4-2-3-5-14(13)19/h2-5,11-12,15-16H,6-10,20H2,1H3,(H,21,23). The number of carbonyl (C=O) groups is 2. The van der Waals surface area contributed by atoms with Gasteiger partial charge in [0, 0.05) is 18.3 Å². The molecule has 0 aliphatic carbocycles. The Morgan fingerprint density at radius 1 is 1.44 bits per heavy atom. The highest BCUT2D eigenvalue weighted by Crippen LogP contribution is 2.27. The second-order valence-corrected chi connectivity index (χ2v) is 8.09. The van der Waals surface area contributed by atoms with Crippen molar-refractivity contribution < 1.29 is 14.0 Å². The molecule has 2 aliphatic heterocycles. The highest BCUT2D eigenvalue weighted by Gasteiger charge is 2.39. The molecule has 0 aromatic heterocycles. The van der Waals surface area contributed by atoms with E-state index in [4.69, 9.17) is 5.73 Å². The average Bonchev–Trinajstić information content (AvgIpc) is 2.99. The third-order valence-electron chi connectivity index (χ3n) is 5.01. The highest BCUT2D eigenvalue weighted by molar-refractivity contribution is 8.00. The number of benzene rings is 1. The van der Waals surface area contributed by atoms with Crippen molar-refractivity contribution in [2.45, 2.75) is 37.1 Å². The van der Waals surface area contributed by atoms with E-state index in [1.807, 2.05) is 11.8 Å². The van der Waals surface area contributed by atoms with E-state index < -0.39 is 6.04 Å². The average molecular weight is 365 g/mol. The minimum absolute atomic E-state index is 0.0337. The van der Waals surface area contributed by atoms with Gasteiger partial charge in [0.05, 0.1) is 5.25 Å². The minimum Gasteiger partial charge on any atom is -0.343 e. The van der Waals surface area contributed by atoms with Crippen LogP contribution >= 0.6 is 11.8 Å². The van der Waals surface area contributed by atoms with Crippen molar-refractivity contribution >= 4 is 23.6 Å². The largest absolute Gasteiger partial charge is 0.343 e. The van der Waals surface area contributed by atoms with Gasteiger partial charge in [-0.05, 0) is 43.9 Å². The smallest absolute Gasteiger partial charge is 0.246 e. The number of hydrogen-bond donors (Lipinski definition) is 2. The van der Waals surface area contributed by atoms with Gasteiger partial charge in [-0.3, -0.25) is 9.59 Å². The van der Waals surface area contributed by atoms with Crippen LogP contribution in [0.15, 0.2) is 24.3 Å². The molecule has 1 aromatic carbocycles. The fourth-order valence-electron chi connectivity index (χ4n) is 3.56. The Kier molecular flexibility index (Phi) is 5.64. The van der Waals surface area contributed by atoms with E-state index in [1.54, 1.807) is 18.2 Å². The summed E-state index contributed by atoms with van der Waals surface area (Å²) in [5, 5.41) is 2.46. The fraction of sp³-hybridized carbons (Fsp3) is 0.556. The molecule has 4 atom stereocenters. The third kappa shape index (κ3) is 3.98. The van der Waals surface area contributed by atoms with Crippen LogP contribution in [0.3, 0.4) is 0 Å². The second-order valence-electron chi connectivity index (χ2n) is 6.86. The zero-order chi connectivity index (χ0) is 18.0. The number of halogens is 1. The van der Waals surface area contributed by atoms with Crippen molar-refractivity contribution in [3.05, 3.63) is 35.6 Å². The van der Waals surface area contributed by atoms with Gasteiger partial charge in [0.1, 0.15) is 11.9 Å². The van der Waals surface area contributed by atoms with Crippen LogP contribution in [0.2, 0.25) is 0 Å². The summed E-state index contributed by atoms with van der Waals surface area (Å²) >= 11 is 1.43. The molecule has 2 amide bonds. The number of rotatable bonds is 4. The van der Waals surface area contributed by atoms with Crippen LogP contribution in [0.25, 0.3) is 0 Å². The zero-order valence-electron chi connectivity index (χ0n) is 14.3. The topological polar surface area (TPSA) is 75.4 Å². The first-order valence-corrected chi connectivity index (χ1v) is 9.70. The highest BCUT2D eigenvalue weighted by atomic mass is 32.2. The van der Waals surface area contributed by atoms with Crippen LogP contribution < -0.4 is 11.1 Å². The van der Waals surface area contributed by atoms with Gasteiger partial charge in [0.15, 0.2) is 0 Å². The molecule has 0 bridgehead atoms. The lowest BCUT2D eigenvalue weighted by Gasteiger charge is -2.32. The van der Waals surface area contributed by atoms with Gasteiger partial charge in [-0.25, -0.2) is 4.39 Å². The van der Waals surface area contributed by atoms with E-state index in [0.717, 1.165) is 6.42 Å². The maximum Gasteiger partial charge on any atom is 0.246 e. The molecule has 2 fully saturated rings. The summed E-state index contributed by atoms with van der Waals surface area (Å²) in [5.74, 6) is 0.321. The maximum atomic E-state index is 13.8. The predicted molar refractivity (Wildman–Crippen MR) is 96.6 cm³/mol. The van der Waals surface area contributed by atoms with Crippen LogP contribution in [0.1, 0.15) is 18.9 Å². The quantitative estimate of drug-likeness (QED) is 0.840. The minimum atomic E-state index is -0.506. The first kappa shape index (κ1) is 18.2. The second kappa shape index (κ2) is 7.74. The summed E-state index contributed by atoms with van der Waals surface area (Å²) in [6.45, 7) is 3.25. The molecule has 1 aromatic rings. The molecule has 4 unspecified atom stereocenters. The number of carbonyl (C=O) groups excluding carboxylic acids is 2. The van der Waals surface area contributed by atoms with Gasteiger partial charge in [-0.1, -0.05) is 18.2 Å². The van der Waals surface area contributed by atoms with Crippen LogP contribution in [-0.4, -0.2) is 52.9 Å². The number of nitrogens with zero attached hydrogens (tertiary/aromatic N) is 1. The lowest BCUT2D eigenvalue weighted by Crippen LogP contribution is -2.56. The van der Waals surface area contributed by atoms with Gasteiger partial charge >= 0.3 is 0 Å². The Morgan fingerprint density at radius 3 is 2.84 bits per heavy atom. The van der Waals surface area contributed by atoms with Crippen LogP contribution in [0.5, 0.6) is 0 Å². The fourth-order valence-corrected chi connectivity index (χ4v) is 4.73. The van der Waals surface area contributed by atoms with Crippen molar-refractivity contribution in [2.75, 3.05) is 18.8 Å². The lowest BCUT2D eigenvalue weighted by atomic mass is 10.1. The van der Waals surface area contributed by atoms with Gasteiger partial charge in [0.2, 0.25) is 11.8 Å². The van der Waals surface area contributed by atoms with Crippen molar-refractivity contribution in [1.29, 1.82) is 0 Å². The summed E-state index contributed by atoms with van der Waals surface area (Å²) < 4.78 is 13.8. The van der Waals surface area contributed by atoms with Crippen molar-refractivity contribution in [1.82, 2.24) is 10.2 Å². The maximum absolute atomic E-state index is 13.8. The molecule has 2 heterocycles. The molecule has 0 saturated carbocycles. The van der Waals surface area contributed by atoms with Crippen molar-refractivity contribution in [3.8, 4) is 0 Å². The lowest BCUT2D eigenvalue weighted by molar-refractivity contribution is -0.136. The molecule has 2 aliphatic rings. The number of nitrogens with one attached hydrogen (secondary N) is 1. The molecule has 25 heavy (non-hydrogen) atoms. The summed E-state index contributed by atoms with van der Waals surface area (Å²) in [4.78, 5) is 27.0. The van der Waals surface area contributed by atoms with Crippen molar-refractivity contribution in [3.63, 3.8) is 0 Å². The Morgan fingerprint density at radius 2 is 2.20 bits per heavy atom. The SMILES string of the molecule is CC1CC(CN)CN1C(=O)C1CSC(Cc2ccccc2F)C(=O)N1. The summed E-state index contributed by atoms with van der Waals surface area (Å²) in [7, 11) is 0. The molecule has 5 nitrogen and oxygen atoms in total. The monoisotopic (exact) mass is 365 g/mol.